The summed E-state index contributed by atoms with van der Waals surface area (Å²) < 4.78 is 14.3. The summed E-state index contributed by atoms with van der Waals surface area (Å²) in [6.07, 6.45) is 2.80. The number of hydrogen-bond acceptors (Lipinski definition) is 2. The third-order valence-electron chi connectivity index (χ3n) is 3.12. The number of carbonyl (C=O) groups is 1. The Balaban J connectivity index is 1.96. The number of carbonyl (C=O) groups excluding carboxylic acids is 1. The second kappa shape index (κ2) is 5.80. The van der Waals surface area contributed by atoms with Gasteiger partial charge in [-0.1, -0.05) is 12.1 Å². The molecule has 1 amide bonds. The molecule has 0 aromatic heterocycles. The van der Waals surface area contributed by atoms with E-state index in [4.69, 9.17) is 5.73 Å². The highest BCUT2D eigenvalue weighted by Gasteiger charge is 2.29. The Morgan fingerprint density at radius 3 is 2.83 bits per heavy atom. The average molecular weight is 315 g/mol. The number of halogens is 2. The lowest BCUT2D eigenvalue weighted by atomic mass is 10.1. The van der Waals surface area contributed by atoms with Crippen LogP contribution >= 0.6 is 15.9 Å². The number of hydrogen-bond donors (Lipinski definition) is 1. The van der Waals surface area contributed by atoms with Crippen molar-refractivity contribution in [3.8, 4) is 0 Å². The maximum absolute atomic E-state index is 13.8. The van der Waals surface area contributed by atoms with E-state index < -0.39 is 0 Å². The predicted molar refractivity (Wildman–Crippen MR) is 71.6 cm³/mol. The van der Waals surface area contributed by atoms with Crippen molar-refractivity contribution in [3.63, 3.8) is 0 Å². The summed E-state index contributed by atoms with van der Waals surface area (Å²) in [4.78, 5) is 13.0. The molecule has 1 aliphatic rings. The monoisotopic (exact) mass is 314 g/mol. The molecular weight excluding hydrogens is 299 g/mol. The van der Waals surface area contributed by atoms with Crippen LogP contribution in [0.25, 0.3) is 0 Å². The van der Waals surface area contributed by atoms with Crippen LogP contribution in [0.4, 0.5) is 4.39 Å². The van der Waals surface area contributed by atoms with Gasteiger partial charge in [0, 0.05) is 12.6 Å². The molecule has 5 heteroatoms. The lowest BCUT2D eigenvalue weighted by Crippen LogP contribution is -2.36. The van der Waals surface area contributed by atoms with Gasteiger partial charge in [0.1, 0.15) is 5.82 Å². The molecule has 2 N–H and O–H groups in total. The highest BCUT2D eigenvalue weighted by atomic mass is 79.9. The molecule has 1 aromatic carbocycles. The SMILES string of the molecule is NC(=O)CN(CCc1cccc(Br)c1F)C1CC1. The minimum Gasteiger partial charge on any atom is -0.369 e. The smallest absolute Gasteiger partial charge is 0.231 e. The molecule has 98 valence electrons. The van der Waals surface area contributed by atoms with Crippen LogP contribution in [0.3, 0.4) is 0 Å². The van der Waals surface area contributed by atoms with Gasteiger partial charge in [0.25, 0.3) is 0 Å². The molecule has 0 saturated heterocycles. The molecule has 0 radical (unpaired) electrons. The molecule has 1 aromatic rings. The Labute approximate surface area is 114 Å². The quantitative estimate of drug-likeness (QED) is 0.874. The summed E-state index contributed by atoms with van der Waals surface area (Å²) in [5, 5.41) is 0. The average Bonchev–Trinajstić information content (AvgIpc) is 3.13. The zero-order valence-corrected chi connectivity index (χ0v) is 11.6. The molecular formula is C13H16BrFN2O. The standard InChI is InChI=1S/C13H16BrFN2O/c14-11-3-1-2-9(13(11)15)6-7-17(8-12(16)18)10-4-5-10/h1-3,10H,4-8H2,(H2,16,18). The van der Waals surface area contributed by atoms with Crippen molar-refractivity contribution in [3.05, 3.63) is 34.1 Å². The summed E-state index contributed by atoms with van der Waals surface area (Å²) in [6.45, 7) is 0.932. The van der Waals surface area contributed by atoms with Crippen LogP contribution in [-0.2, 0) is 11.2 Å². The van der Waals surface area contributed by atoms with E-state index in [2.05, 4.69) is 15.9 Å². The normalized spacial score (nSPS) is 15.1. The Morgan fingerprint density at radius 1 is 1.50 bits per heavy atom. The molecule has 0 unspecified atom stereocenters. The molecule has 3 nitrogen and oxygen atoms in total. The number of benzene rings is 1. The third-order valence-corrected chi connectivity index (χ3v) is 3.73. The van der Waals surface area contributed by atoms with Crippen molar-refractivity contribution < 1.29 is 9.18 Å². The van der Waals surface area contributed by atoms with Crippen molar-refractivity contribution in [2.24, 2.45) is 5.73 Å². The van der Waals surface area contributed by atoms with E-state index in [1.54, 1.807) is 12.1 Å². The molecule has 0 spiro atoms. The van der Waals surface area contributed by atoms with Crippen molar-refractivity contribution in [2.45, 2.75) is 25.3 Å². The van der Waals surface area contributed by atoms with Crippen LogP contribution in [0.15, 0.2) is 22.7 Å². The van der Waals surface area contributed by atoms with E-state index in [9.17, 15) is 9.18 Å². The first-order chi connectivity index (χ1) is 8.58. The molecule has 18 heavy (non-hydrogen) atoms. The first-order valence-corrected chi connectivity index (χ1v) is 6.82. The second-order valence-electron chi connectivity index (χ2n) is 4.63. The van der Waals surface area contributed by atoms with Crippen LogP contribution in [0.5, 0.6) is 0 Å². The molecule has 0 atom stereocenters. The van der Waals surface area contributed by atoms with Gasteiger partial charge >= 0.3 is 0 Å². The molecule has 0 heterocycles. The van der Waals surface area contributed by atoms with Crippen molar-refractivity contribution in [2.75, 3.05) is 13.1 Å². The zero-order chi connectivity index (χ0) is 13.1. The minimum absolute atomic E-state index is 0.215. The van der Waals surface area contributed by atoms with Crippen LogP contribution in [0, 0.1) is 5.82 Å². The molecule has 1 fully saturated rings. The van der Waals surface area contributed by atoms with Crippen LogP contribution in [-0.4, -0.2) is 29.9 Å². The van der Waals surface area contributed by atoms with Crippen molar-refractivity contribution >= 4 is 21.8 Å². The Kier molecular flexibility index (Phi) is 4.35. The summed E-state index contributed by atoms with van der Waals surface area (Å²) >= 11 is 3.17. The summed E-state index contributed by atoms with van der Waals surface area (Å²) in [6, 6.07) is 5.72. The topological polar surface area (TPSA) is 46.3 Å². The van der Waals surface area contributed by atoms with E-state index in [0.29, 0.717) is 29.0 Å². The van der Waals surface area contributed by atoms with Gasteiger partial charge in [0.2, 0.25) is 5.91 Å². The van der Waals surface area contributed by atoms with Gasteiger partial charge in [-0.05, 0) is 46.8 Å². The Morgan fingerprint density at radius 2 is 2.22 bits per heavy atom. The Hall–Kier alpha value is -0.940. The number of rotatable bonds is 6. The molecule has 0 aliphatic heterocycles. The van der Waals surface area contributed by atoms with Crippen molar-refractivity contribution in [1.82, 2.24) is 4.90 Å². The zero-order valence-electron chi connectivity index (χ0n) is 10.0. The van der Waals surface area contributed by atoms with Gasteiger partial charge in [-0.15, -0.1) is 0 Å². The third kappa shape index (κ3) is 3.53. The first-order valence-electron chi connectivity index (χ1n) is 6.03. The molecule has 1 aliphatic carbocycles. The van der Waals surface area contributed by atoms with Crippen LogP contribution in [0.1, 0.15) is 18.4 Å². The molecule has 1 saturated carbocycles. The summed E-state index contributed by atoms with van der Waals surface area (Å²) in [5.74, 6) is -0.538. The van der Waals surface area contributed by atoms with Gasteiger partial charge in [0.15, 0.2) is 0 Å². The van der Waals surface area contributed by atoms with Gasteiger partial charge in [0.05, 0.1) is 11.0 Å². The van der Waals surface area contributed by atoms with Crippen LogP contribution < -0.4 is 5.73 Å². The fourth-order valence-corrected chi connectivity index (χ4v) is 2.44. The summed E-state index contributed by atoms with van der Waals surface area (Å²) in [5.41, 5.74) is 5.89. The fourth-order valence-electron chi connectivity index (χ4n) is 2.04. The predicted octanol–water partition coefficient (Wildman–Crippen LogP) is 2.08. The number of nitrogens with zero attached hydrogens (tertiary/aromatic N) is 1. The number of amides is 1. The first kappa shape index (κ1) is 13.5. The lowest BCUT2D eigenvalue weighted by Gasteiger charge is -2.20. The molecule has 0 bridgehead atoms. The van der Waals surface area contributed by atoms with E-state index in [0.717, 1.165) is 12.8 Å². The highest BCUT2D eigenvalue weighted by Crippen LogP contribution is 2.27. The minimum atomic E-state index is -0.323. The second-order valence-corrected chi connectivity index (χ2v) is 5.49. The van der Waals surface area contributed by atoms with E-state index in [-0.39, 0.29) is 18.3 Å². The van der Waals surface area contributed by atoms with E-state index in [1.807, 2.05) is 11.0 Å². The Bertz CT molecular complexity index is 449. The van der Waals surface area contributed by atoms with Gasteiger partial charge in [-0.3, -0.25) is 9.69 Å². The van der Waals surface area contributed by atoms with Gasteiger partial charge < -0.3 is 5.73 Å². The highest BCUT2D eigenvalue weighted by molar-refractivity contribution is 9.10. The lowest BCUT2D eigenvalue weighted by molar-refractivity contribution is -0.119. The largest absolute Gasteiger partial charge is 0.369 e. The van der Waals surface area contributed by atoms with Crippen LogP contribution in [0.2, 0.25) is 0 Å². The maximum Gasteiger partial charge on any atom is 0.231 e. The number of primary amides is 1. The fraction of sp³-hybridized carbons (Fsp3) is 0.462. The summed E-state index contributed by atoms with van der Waals surface area (Å²) in [7, 11) is 0. The maximum atomic E-state index is 13.8. The van der Waals surface area contributed by atoms with E-state index >= 15 is 0 Å². The van der Waals surface area contributed by atoms with E-state index in [1.165, 1.54) is 0 Å². The van der Waals surface area contributed by atoms with Crippen molar-refractivity contribution in [1.29, 1.82) is 0 Å². The molecule has 2 rings (SSSR count). The number of nitrogens with two attached hydrogens (primary N) is 1. The van der Waals surface area contributed by atoms with Gasteiger partial charge in [-0.25, -0.2) is 4.39 Å². The van der Waals surface area contributed by atoms with Gasteiger partial charge in [-0.2, -0.15) is 0 Å².